The van der Waals surface area contributed by atoms with Crippen LogP contribution >= 0.6 is 11.6 Å². The summed E-state index contributed by atoms with van der Waals surface area (Å²) in [5.74, 6) is 0. The van der Waals surface area contributed by atoms with Gasteiger partial charge in [0.25, 0.3) is 0 Å². The number of halogens is 1. The van der Waals surface area contributed by atoms with Crippen molar-refractivity contribution in [2.24, 2.45) is 5.41 Å². The Balaban J connectivity index is 2.14. The van der Waals surface area contributed by atoms with Gasteiger partial charge in [-0.1, -0.05) is 36.9 Å². The fraction of sp³-hybridized carbons (Fsp3) is 0.571. The van der Waals surface area contributed by atoms with E-state index in [4.69, 9.17) is 11.6 Å². The summed E-state index contributed by atoms with van der Waals surface area (Å²) in [6.07, 6.45) is 5.29. The van der Waals surface area contributed by atoms with E-state index < -0.39 is 4.92 Å². The molecule has 0 saturated heterocycles. The average Bonchev–Trinajstić information content (AvgIpc) is 2.45. The van der Waals surface area contributed by atoms with Gasteiger partial charge in [-0.25, -0.2) is 0 Å². The third-order valence-electron chi connectivity index (χ3n) is 4.07. The molecule has 0 aromatic heterocycles. The van der Waals surface area contributed by atoms with Gasteiger partial charge in [0, 0.05) is 12.0 Å². The Kier molecular flexibility index (Phi) is 4.83. The SMILES string of the molecule is O=[N+]([O-])c1c(Cl)cccc1NCC1(CO)CCCCC1. The summed E-state index contributed by atoms with van der Waals surface area (Å²) in [7, 11) is 0. The predicted octanol–water partition coefficient (Wildman–Crippen LogP) is 3.60. The minimum absolute atomic E-state index is 0.0990. The molecule has 6 heteroatoms. The van der Waals surface area contributed by atoms with E-state index in [0.29, 0.717) is 12.2 Å². The van der Waals surface area contributed by atoms with Gasteiger partial charge in [-0.2, -0.15) is 0 Å². The minimum atomic E-state index is -0.475. The van der Waals surface area contributed by atoms with Crippen LogP contribution in [0.2, 0.25) is 5.02 Å². The largest absolute Gasteiger partial charge is 0.396 e. The zero-order valence-corrected chi connectivity index (χ0v) is 12.0. The van der Waals surface area contributed by atoms with Crippen LogP contribution in [0.25, 0.3) is 0 Å². The molecule has 1 aromatic rings. The van der Waals surface area contributed by atoms with E-state index in [9.17, 15) is 15.2 Å². The Bertz CT molecular complexity index is 487. The zero-order valence-electron chi connectivity index (χ0n) is 11.3. The molecule has 0 unspecified atom stereocenters. The molecule has 2 rings (SSSR count). The number of hydrogen-bond acceptors (Lipinski definition) is 4. The molecular formula is C14H19ClN2O3. The average molecular weight is 299 g/mol. The topological polar surface area (TPSA) is 75.4 Å². The van der Waals surface area contributed by atoms with E-state index in [2.05, 4.69) is 5.32 Å². The Labute approximate surface area is 123 Å². The van der Waals surface area contributed by atoms with Crippen molar-refractivity contribution in [1.82, 2.24) is 0 Å². The Morgan fingerprint density at radius 3 is 2.65 bits per heavy atom. The Morgan fingerprint density at radius 1 is 1.35 bits per heavy atom. The number of aliphatic hydroxyl groups is 1. The van der Waals surface area contributed by atoms with Crippen molar-refractivity contribution < 1.29 is 10.0 Å². The molecule has 1 aliphatic carbocycles. The fourth-order valence-corrected chi connectivity index (χ4v) is 3.06. The minimum Gasteiger partial charge on any atom is -0.396 e. The molecule has 0 aliphatic heterocycles. The van der Waals surface area contributed by atoms with E-state index in [1.54, 1.807) is 12.1 Å². The van der Waals surface area contributed by atoms with Crippen LogP contribution in [0.15, 0.2) is 18.2 Å². The van der Waals surface area contributed by atoms with E-state index in [1.165, 1.54) is 12.5 Å². The molecule has 20 heavy (non-hydrogen) atoms. The second-order valence-corrected chi connectivity index (χ2v) is 5.87. The maximum Gasteiger partial charge on any atom is 0.310 e. The number of benzene rings is 1. The molecule has 110 valence electrons. The van der Waals surface area contributed by atoms with Crippen LogP contribution in [-0.4, -0.2) is 23.2 Å². The van der Waals surface area contributed by atoms with E-state index in [0.717, 1.165) is 25.7 Å². The summed E-state index contributed by atoms with van der Waals surface area (Å²) < 4.78 is 0. The summed E-state index contributed by atoms with van der Waals surface area (Å²) in [4.78, 5) is 10.6. The highest BCUT2D eigenvalue weighted by atomic mass is 35.5. The molecule has 0 spiro atoms. The number of nitro benzene ring substituents is 1. The van der Waals surface area contributed by atoms with Crippen molar-refractivity contribution in [3.8, 4) is 0 Å². The molecule has 0 radical (unpaired) electrons. The van der Waals surface area contributed by atoms with Crippen LogP contribution in [0.3, 0.4) is 0 Å². The first-order valence-corrected chi connectivity index (χ1v) is 7.23. The number of rotatable bonds is 5. The van der Waals surface area contributed by atoms with E-state index in [1.807, 2.05) is 0 Å². The first-order chi connectivity index (χ1) is 9.58. The van der Waals surface area contributed by atoms with Gasteiger partial charge in [0.1, 0.15) is 10.7 Å². The van der Waals surface area contributed by atoms with E-state index >= 15 is 0 Å². The molecular weight excluding hydrogens is 280 g/mol. The lowest BCUT2D eigenvalue weighted by Crippen LogP contribution is -2.35. The van der Waals surface area contributed by atoms with Crippen LogP contribution in [0.4, 0.5) is 11.4 Å². The molecule has 0 bridgehead atoms. The highest BCUT2D eigenvalue weighted by Gasteiger charge is 2.32. The van der Waals surface area contributed by atoms with Gasteiger partial charge in [-0.3, -0.25) is 10.1 Å². The third kappa shape index (κ3) is 3.22. The molecule has 0 atom stereocenters. The van der Waals surface area contributed by atoms with Crippen molar-refractivity contribution in [2.45, 2.75) is 32.1 Å². The van der Waals surface area contributed by atoms with Gasteiger partial charge >= 0.3 is 5.69 Å². The van der Waals surface area contributed by atoms with Crippen LogP contribution in [0.1, 0.15) is 32.1 Å². The van der Waals surface area contributed by atoms with Gasteiger partial charge in [0.05, 0.1) is 11.5 Å². The van der Waals surface area contributed by atoms with Gasteiger partial charge < -0.3 is 10.4 Å². The number of nitro groups is 1. The van der Waals surface area contributed by atoms with Crippen LogP contribution in [0.5, 0.6) is 0 Å². The number of nitrogens with zero attached hydrogens (tertiary/aromatic N) is 1. The van der Waals surface area contributed by atoms with Gasteiger partial charge in [-0.15, -0.1) is 0 Å². The Hall–Kier alpha value is -1.33. The number of nitrogens with one attached hydrogen (secondary N) is 1. The molecule has 2 N–H and O–H groups in total. The van der Waals surface area contributed by atoms with Crippen LogP contribution < -0.4 is 5.32 Å². The van der Waals surface area contributed by atoms with Crippen molar-refractivity contribution in [3.05, 3.63) is 33.3 Å². The van der Waals surface area contributed by atoms with Crippen molar-refractivity contribution >= 4 is 23.0 Å². The van der Waals surface area contributed by atoms with Crippen molar-refractivity contribution in [3.63, 3.8) is 0 Å². The van der Waals surface area contributed by atoms with Crippen LogP contribution in [-0.2, 0) is 0 Å². The maximum absolute atomic E-state index is 11.1. The third-order valence-corrected chi connectivity index (χ3v) is 4.38. The number of anilines is 1. The highest BCUT2D eigenvalue weighted by molar-refractivity contribution is 6.33. The lowest BCUT2D eigenvalue weighted by molar-refractivity contribution is -0.383. The first-order valence-electron chi connectivity index (χ1n) is 6.86. The molecule has 0 amide bonds. The molecule has 1 saturated carbocycles. The second-order valence-electron chi connectivity index (χ2n) is 5.47. The number of hydrogen-bond donors (Lipinski definition) is 2. The summed E-state index contributed by atoms with van der Waals surface area (Å²) in [5, 5.41) is 24.0. The van der Waals surface area contributed by atoms with Crippen LogP contribution in [0, 0.1) is 15.5 Å². The van der Waals surface area contributed by atoms with Gasteiger partial charge in [-0.05, 0) is 25.0 Å². The number of aliphatic hydroxyl groups excluding tert-OH is 1. The first kappa shape index (κ1) is 15.1. The second kappa shape index (κ2) is 6.41. The normalized spacial score (nSPS) is 17.7. The summed E-state index contributed by atoms with van der Waals surface area (Å²) in [6, 6.07) is 4.84. The standard InChI is InChI=1S/C14H19ClN2O3/c15-11-5-4-6-12(13(11)17(19)20)16-9-14(10-18)7-2-1-3-8-14/h4-6,16,18H,1-3,7-10H2. The quantitative estimate of drug-likeness (QED) is 0.643. The monoisotopic (exact) mass is 298 g/mol. The molecule has 1 fully saturated rings. The van der Waals surface area contributed by atoms with Gasteiger partial charge in [0.2, 0.25) is 0 Å². The summed E-state index contributed by atoms with van der Waals surface area (Å²) in [5.41, 5.74) is 0.146. The Morgan fingerprint density at radius 2 is 2.05 bits per heavy atom. The fourth-order valence-electron chi connectivity index (χ4n) is 2.82. The summed E-state index contributed by atoms with van der Waals surface area (Å²) >= 11 is 5.88. The predicted molar refractivity (Wildman–Crippen MR) is 79.2 cm³/mol. The highest BCUT2D eigenvalue weighted by Crippen LogP contribution is 2.38. The molecule has 1 aliphatic rings. The maximum atomic E-state index is 11.1. The summed E-state index contributed by atoms with van der Waals surface area (Å²) in [6.45, 7) is 0.638. The smallest absolute Gasteiger partial charge is 0.310 e. The van der Waals surface area contributed by atoms with Crippen molar-refractivity contribution in [2.75, 3.05) is 18.5 Å². The van der Waals surface area contributed by atoms with Gasteiger partial charge in [0.15, 0.2) is 0 Å². The molecule has 0 heterocycles. The van der Waals surface area contributed by atoms with Crippen molar-refractivity contribution in [1.29, 1.82) is 0 Å². The van der Waals surface area contributed by atoms with E-state index in [-0.39, 0.29) is 22.7 Å². The lowest BCUT2D eigenvalue weighted by Gasteiger charge is -2.35. The molecule has 1 aromatic carbocycles. The molecule has 5 nitrogen and oxygen atoms in total. The lowest BCUT2D eigenvalue weighted by atomic mass is 9.74. The zero-order chi connectivity index (χ0) is 14.6. The number of para-hydroxylation sites is 1.